The molecule has 1 aliphatic rings. The number of benzene rings is 1. The Kier molecular flexibility index (Phi) is 4.66. The third-order valence-corrected chi connectivity index (χ3v) is 5.07. The quantitative estimate of drug-likeness (QED) is 0.804. The van der Waals surface area contributed by atoms with Gasteiger partial charge < -0.3 is 15.7 Å². The van der Waals surface area contributed by atoms with Crippen molar-refractivity contribution in [2.75, 3.05) is 6.54 Å². The molecule has 4 nitrogen and oxygen atoms in total. The molecule has 6 heteroatoms. The standard InChI is InChI=1S/C16H17ClN2O2S/c17-14-6-5-11(22-14)7-8-18-16(21)19-15-12-4-2-1-3-10(12)9-13(15)20/h1-6,13,15,20H,7-9H2,(H2,18,19,21)/t13-,15+/m0/s1. The minimum absolute atomic E-state index is 0.261. The summed E-state index contributed by atoms with van der Waals surface area (Å²) >= 11 is 7.39. The molecule has 3 rings (SSSR count). The molecule has 2 aromatic rings. The molecule has 0 aliphatic heterocycles. The van der Waals surface area contributed by atoms with Gasteiger partial charge in [-0.3, -0.25) is 0 Å². The molecule has 116 valence electrons. The van der Waals surface area contributed by atoms with Crippen LogP contribution in [0.4, 0.5) is 4.79 Å². The summed E-state index contributed by atoms with van der Waals surface area (Å²) in [5.74, 6) is 0. The lowest BCUT2D eigenvalue weighted by Gasteiger charge is -2.18. The maximum atomic E-state index is 12.0. The van der Waals surface area contributed by atoms with Gasteiger partial charge in [0.2, 0.25) is 0 Å². The van der Waals surface area contributed by atoms with Crippen LogP contribution in [0.15, 0.2) is 36.4 Å². The number of carbonyl (C=O) groups excluding carboxylic acids is 1. The number of aliphatic hydroxyl groups excluding tert-OH is 1. The van der Waals surface area contributed by atoms with E-state index in [1.165, 1.54) is 11.3 Å². The average molecular weight is 337 g/mol. The largest absolute Gasteiger partial charge is 0.390 e. The third-order valence-electron chi connectivity index (χ3n) is 3.78. The van der Waals surface area contributed by atoms with Gasteiger partial charge in [0.1, 0.15) is 0 Å². The fraction of sp³-hybridized carbons (Fsp3) is 0.312. The first-order chi connectivity index (χ1) is 10.6. The molecule has 2 amide bonds. The Morgan fingerprint density at radius 2 is 2.14 bits per heavy atom. The van der Waals surface area contributed by atoms with Crippen LogP contribution in [0.1, 0.15) is 22.0 Å². The van der Waals surface area contributed by atoms with Gasteiger partial charge >= 0.3 is 6.03 Å². The second-order valence-corrected chi connectivity index (χ2v) is 7.10. The van der Waals surface area contributed by atoms with Gasteiger partial charge in [-0.05, 0) is 29.7 Å². The van der Waals surface area contributed by atoms with E-state index in [2.05, 4.69) is 10.6 Å². The molecule has 1 aromatic carbocycles. The number of hydrogen-bond donors (Lipinski definition) is 3. The third kappa shape index (κ3) is 3.43. The van der Waals surface area contributed by atoms with Crippen molar-refractivity contribution in [3.05, 3.63) is 56.7 Å². The molecule has 1 aliphatic carbocycles. The first-order valence-corrected chi connectivity index (χ1v) is 8.37. The zero-order valence-electron chi connectivity index (χ0n) is 11.9. The van der Waals surface area contributed by atoms with Crippen LogP contribution in [-0.4, -0.2) is 23.8 Å². The maximum Gasteiger partial charge on any atom is 0.315 e. The van der Waals surface area contributed by atoms with Crippen LogP contribution in [0, 0.1) is 0 Å². The number of urea groups is 1. The van der Waals surface area contributed by atoms with Crippen LogP contribution >= 0.6 is 22.9 Å². The monoisotopic (exact) mass is 336 g/mol. The summed E-state index contributed by atoms with van der Waals surface area (Å²) in [4.78, 5) is 13.1. The van der Waals surface area contributed by atoms with Gasteiger partial charge in [-0.25, -0.2) is 4.79 Å². The molecule has 0 radical (unpaired) electrons. The summed E-state index contributed by atoms with van der Waals surface area (Å²) in [7, 11) is 0. The van der Waals surface area contributed by atoms with E-state index in [0.717, 1.165) is 26.8 Å². The van der Waals surface area contributed by atoms with Gasteiger partial charge in [-0.15, -0.1) is 11.3 Å². The van der Waals surface area contributed by atoms with Crippen molar-refractivity contribution in [2.24, 2.45) is 0 Å². The molecule has 0 unspecified atom stereocenters. The van der Waals surface area contributed by atoms with Crippen molar-refractivity contribution in [2.45, 2.75) is 25.0 Å². The predicted octanol–water partition coefficient (Wildman–Crippen LogP) is 2.90. The smallest absolute Gasteiger partial charge is 0.315 e. The van der Waals surface area contributed by atoms with Gasteiger partial charge in [-0.2, -0.15) is 0 Å². The molecule has 0 saturated heterocycles. The lowest BCUT2D eigenvalue weighted by Crippen LogP contribution is -2.41. The molecule has 2 atom stereocenters. The van der Waals surface area contributed by atoms with Crippen molar-refractivity contribution in [1.82, 2.24) is 10.6 Å². The zero-order valence-corrected chi connectivity index (χ0v) is 13.5. The highest BCUT2D eigenvalue weighted by Gasteiger charge is 2.31. The number of carbonyl (C=O) groups is 1. The molecule has 1 aromatic heterocycles. The fourth-order valence-electron chi connectivity index (χ4n) is 2.73. The molecule has 0 saturated carbocycles. The number of nitrogens with one attached hydrogen (secondary N) is 2. The Morgan fingerprint density at radius 3 is 2.91 bits per heavy atom. The SMILES string of the molecule is O=C(NCCc1ccc(Cl)s1)N[C@@H]1c2ccccc2C[C@@H]1O. The number of amides is 2. The number of rotatable bonds is 4. The van der Waals surface area contributed by atoms with Gasteiger partial charge in [0.25, 0.3) is 0 Å². The van der Waals surface area contributed by atoms with E-state index in [4.69, 9.17) is 11.6 Å². The van der Waals surface area contributed by atoms with Gasteiger partial charge in [-0.1, -0.05) is 35.9 Å². The van der Waals surface area contributed by atoms with E-state index >= 15 is 0 Å². The van der Waals surface area contributed by atoms with Crippen molar-refractivity contribution < 1.29 is 9.90 Å². The molecular formula is C16H17ClN2O2S. The Morgan fingerprint density at radius 1 is 1.32 bits per heavy atom. The van der Waals surface area contributed by atoms with Crippen LogP contribution in [-0.2, 0) is 12.8 Å². The van der Waals surface area contributed by atoms with Crippen molar-refractivity contribution in [3.8, 4) is 0 Å². The number of halogens is 1. The Labute approximate surface area is 138 Å². The zero-order chi connectivity index (χ0) is 15.5. The minimum Gasteiger partial charge on any atom is -0.390 e. The molecule has 0 fully saturated rings. The molecular weight excluding hydrogens is 320 g/mol. The summed E-state index contributed by atoms with van der Waals surface area (Å²) in [5.41, 5.74) is 2.09. The average Bonchev–Trinajstić information content (AvgIpc) is 3.03. The van der Waals surface area contributed by atoms with E-state index in [-0.39, 0.29) is 12.1 Å². The van der Waals surface area contributed by atoms with Crippen molar-refractivity contribution in [3.63, 3.8) is 0 Å². The number of fused-ring (bicyclic) bond motifs is 1. The molecule has 0 spiro atoms. The lowest BCUT2D eigenvalue weighted by molar-refractivity contribution is 0.142. The van der Waals surface area contributed by atoms with Crippen LogP contribution in [0.2, 0.25) is 4.34 Å². The number of aliphatic hydroxyl groups is 1. The van der Waals surface area contributed by atoms with Crippen molar-refractivity contribution >= 4 is 29.0 Å². The van der Waals surface area contributed by atoms with Crippen LogP contribution in [0.5, 0.6) is 0 Å². The van der Waals surface area contributed by atoms with Gasteiger partial charge in [0.15, 0.2) is 0 Å². The Hall–Kier alpha value is -1.56. The highest BCUT2D eigenvalue weighted by atomic mass is 35.5. The number of thiophene rings is 1. The minimum atomic E-state index is -0.570. The Bertz CT molecular complexity index is 674. The van der Waals surface area contributed by atoms with E-state index in [9.17, 15) is 9.90 Å². The second kappa shape index (κ2) is 6.69. The summed E-state index contributed by atoms with van der Waals surface area (Å²) in [6, 6.07) is 11.0. The van der Waals surface area contributed by atoms with Crippen LogP contribution < -0.4 is 10.6 Å². The summed E-state index contributed by atoms with van der Waals surface area (Å²) < 4.78 is 0.755. The van der Waals surface area contributed by atoms with Crippen molar-refractivity contribution in [1.29, 1.82) is 0 Å². The first-order valence-electron chi connectivity index (χ1n) is 7.18. The number of hydrogen-bond acceptors (Lipinski definition) is 3. The van der Waals surface area contributed by atoms with E-state index in [0.29, 0.717) is 13.0 Å². The van der Waals surface area contributed by atoms with Crippen LogP contribution in [0.3, 0.4) is 0 Å². The lowest BCUT2D eigenvalue weighted by atomic mass is 10.1. The van der Waals surface area contributed by atoms with E-state index < -0.39 is 6.10 Å². The first kappa shape index (κ1) is 15.3. The van der Waals surface area contributed by atoms with E-state index in [1.807, 2.05) is 36.4 Å². The highest BCUT2D eigenvalue weighted by molar-refractivity contribution is 7.16. The predicted molar refractivity (Wildman–Crippen MR) is 88.5 cm³/mol. The molecule has 22 heavy (non-hydrogen) atoms. The summed E-state index contributed by atoms with van der Waals surface area (Å²) in [5, 5.41) is 15.8. The molecule has 1 heterocycles. The fourth-order valence-corrected chi connectivity index (χ4v) is 3.81. The highest BCUT2D eigenvalue weighted by Crippen LogP contribution is 2.31. The van der Waals surface area contributed by atoms with Gasteiger partial charge in [0.05, 0.1) is 16.5 Å². The maximum absolute atomic E-state index is 12.0. The molecule has 0 bridgehead atoms. The van der Waals surface area contributed by atoms with Gasteiger partial charge in [0, 0.05) is 17.8 Å². The summed E-state index contributed by atoms with van der Waals surface area (Å²) in [6.45, 7) is 0.535. The Balaban J connectivity index is 1.51. The summed E-state index contributed by atoms with van der Waals surface area (Å²) in [6.07, 6.45) is 0.753. The normalized spacial score (nSPS) is 19.7. The molecule has 3 N–H and O–H groups in total. The van der Waals surface area contributed by atoms with Crippen LogP contribution in [0.25, 0.3) is 0 Å². The second-order valence-electron chi connectivity index (χ2n) is 5.30. The topological polar surface area (TPSA) is 61.4 Å². The van der Waals surface area contributed by atoms with E-state index in [1.54, 1.807) is 0 Å².